The van der Waals surface area contributed by atoms with E-state index in [2.05, 4.69) is 20.8 Å². The number of rotatable bonds is 8. The van der Waals surface area contributed by atoms with Gasteiger partial charge in [0.25, 0.3) is 0 Å². The molecule has 0 spiro atoms. The third-order valence-electron chi connectivity index (χ3n) is 3.48. The maximum absolute atomic E-state index is 12.0. The number of thioether (sulfide) groups is 1. The molecule has 0 bridgehead atoms. The first-order valence-electron chi connectivity index (χ1n) is 8.01. The Bertz CT molecular complexity index is 902. The maximum Gasteiger partial charge on any atom is 0.230 e. The highest BCUT2D eigenvalue weighted by atomic mass is 35.5. The first-order chi connectivity index (χ1) is 13.1. The molecule has 1 heterocycles. The summed E-state index contributed by atoms with van der Waals surface area (Å²) in [4.78, 5) is 12.0. The highest BCUT2D eigenvalue weighted by Crippen LogP contribution is 2.31. The standard InChI is InChI=1S/C18H17ClN4O2S2/c1-25-15-5-3-2-4-14(15)21-17-22-23-18(27-17)26-11-16(24)20-10-12-6-8-13(19)9-7-12/h2-9H,10-11H2,1H3,(H,20,24)(H,21,22). The normalized spacial score (nSPS) is 10.4. The van der Waals surface area contributed by atoms with Crippen molar-refractivity contribution in [2.24, 2.45) is 0 Å². The van der Waals surface area contributed by atoms with Crippen molar-refractivity contribution in [3.8, 4) is 5.75 Å². The Labute approximate surface area is 170 Å². The van der Waals surface area contributed by atoms with Crippen LogP contribution >= 0.6 is 34.7 Å². The van der Waals surface area contributed by atoms with E-state index >= 15 is 0 Å². The SMILES string of the molecule is COc1ccccc1Nc1nnc(SCC(=O)NCc2ccc(Cl)cc2)s1. The summed E-state index contributed by atoms with van der Waals surface area (Å²) in [6.07, 6.45) is 0. The number of carbonyl (C=O) groups is 1. The molecular formula is C18H17ClN4O2S2. The molecule has 1 amide bonds. The first-order valence-corrected chi connectivity index (χ1v) is 10.2. The van der Waals surface area contributed by atoms with Gasteiger partial charge in [-0.3, -0.25) is 4.79 Å². The molecule has 0 saturated heterocycles. The largest absolute Gasteiger partial charge is 0.495 e. The number of amides is 1. The van der Waals surface area contributed by atoms with Crippen LogP contribution in [0.15, 0.2) is 52.9 Å². The zero-order chi connectivity index (χ0) is 19.1. The summed E-state index contributed by atoms with van der Waals surface area (Å²) in [7, 11) is 1.62. The van der Waals surface area contributed by atoms with E-state index in [0.717, 1.165) is 17.0 Å². The van der Waals surface area contributed by atoms with E-state index in [1.807, 2.05) is 36.4 Å². The van der Waals surface area contributed by atoms with E-state index in [-0.39, 0.29) is 11.7 Å². The Morgan fingerprint density at radius 2 is 1.96 bits per heavy atom. The van der Waals surface area contributed by atoms with E-state index in [1.165, 1.54) is 23.1 Å². The van der Waals surface area contributed by atoms with Crippen molar-refractivity contribution in [1.29, 1.82) is 0 Å². The van der Waals surface area contributed by atoms with Gasteiger partial charge in [-0.15, -0.1) is 10.2 Å². The number of benzene rings is 2. The molecule has 3 aromatic rings. The Kier molecular flexibility index (Phi) is 6.92. The van der Waals surface area contributed by atoms with E-state index in [1.54, 1.807) is 19.2 Å². The quantitative estimate of drug-likeness (QED) is 0.527. The van der Waals surface area contributed by atoms with Crippen molar-refractivity contribution in [2.75, 3.05) is 18.2 Å². The summed E-state index contributed by atoms with van der Waals surface area (Å²) in [6.45, 7) is 0.466. The molecule has 2 N–H and O–H groups in total. The van der Waals surface area contributed by atoms with Crippen LogP contribution in [0.2, 0.25) is 5.02 Å². The Morgan fingerprint density at radius 1 is 1.19 bits per heavy atom. The van der Waals surface area contributed by atoms with Crippen LogP contribution in [-0.4, -0.2) is 29.0 Å². The van der Waals surface area contributed by atoms with Crippen LogP contribution in [-0.2, 0) is 11.3 Å². The first kappa shape index (κ1) is 19.5. The smallest absolute Gasteiger partial charge is 0.230 e. The molecule has 0 aliphatic carbocycles. The molecule has 140 valence electrons. The average Bonchev–Trinajstić information content (AvgIpc) is 3.14. The van der Waals surface area contributed by atoms with Crippen LogP contribution in [0.5, 0.6) is 5.75 Å². The van der Waals surface area contributed by atoms with E-state index < -0.39 is 0 Å². The fraction of sp³-hybridized carbons (Fsp3) is 0.167. The molecule has 1 aromatic heterocycles. The summed E-state index contributed by atoms with van der Waals surface area (Å²) in [6, 6.07) is 14.9. The van der Waals surface area contributed by atoms with Gasteiger partial charge in [0.1, 0.15) is 5.75 Å². The number of nitrogens with one attached hydrogen (secondary N) is 2. The fourth-order valence-electron chi connectivity index (χ4n) is 2.16. The summed E-state index contributed by atoms with van der Waals surface area (Å²) in [5, 5.41) is 15.6. The highest BCUT2D eigenvalue weighted by Gasteiger charge is 2.10. The molecular weight excluding hydrogens is 404 g/mol. The lowest BCUT2D eigenvalue weighted by Crippen LogP contribution is -2.24. The molecule has 0 aliphatic heterocycles. The molecule has 0 atom stereocenters. The lowest BCUT2D eigenvalue weighted by Gasteiger charge is -2.07. The Balaban J connectivity index is 1.47. The van der Waals surface area contributed by atoms with Gasteiger partial charge in [0.2, 0.25) is 11.0 Å². The van der Waals surface area contributed by atoms with Crippen molar-refractivity contribution >= 4 is 51.4 Å². The number of aromatic nitrogens is 2. The van der Waals surface area contributed by atoms with Gasteiger partial charge < -0.3 is 15.4 Å². The predicted octanol–water partition coefficient (Wildman–Crippen LogP) is 4.35. The number of anilines is 2. The van der Waals surface area contributed by atoms with Crippen molar-refractivity contribution in [1.82, 2.24) is 15.5 Å². The zero-order valence-corrected chi connectivity index (χ0v) is 16.8. The number of hydrogen-bond acceptors (Lipinski definition) is 7. The second-order valence-corrected chi connectivity index (χ2v) is 8.03. The van der Waals surface area contributed by atoms with Crippen molar-refractivity contribution in [3.05, 3.63) is 59.1 Å². The monoisotopic (exact) mass is 420 g/mol. The van der Waals surface area contributed by atoms with Crippen LogP contribution in [0.3, 0.4) is 0 Å². The molecule has 0 aliphatic rings. The highest BCUT2D eigenvalue weighted by molar-refractivity contribution is 8.01. The Hall–Kier alpha value is -2.29. The van der Waals surface area contributed by atoms with Gasteiger partial charge in [0.15, 0.2) is 4.34 Å². The maximum atomic E-state index is 12.0. The van der Waals surface area contributed by atoms with Crippen LogP contribution in [0.25, 0.3) is 0 Å². The van der Waals surface area contributed by atoms with Crippen molar-refractivity contribution in [3.63, 3.8) is 0 Å². The van der Waals surface area contributed by atoms with Gasteiger partial charge in [0.05, 0.1) is 18.6 Å². The van der Waals surface area contributed by atoms with Crippen molar-refractivity contribution < 1.29 is 9.53 Å². The van der Waals surface area contributed by atoms with Crippen molar-refractivity contribution in [2.45, 2.75) is 10.9 Å². The third-order valence-corrected chi connectivity index (χ3v) is 5.71. The van der Waals surface area contributed by atoms with E-state index in [4.69, 9.17) is 16.3 Å². The number of halogens is 1. The van der Waals surface area contributed by atoms with Gasteiger partial charge in [-0.25, -0.2) is 0 Å². The third kappa shape index (κ3) is 5.85. The molecule has 0 unspecified atom stereocenters. The molecule has 0 saturated carbocycles. The number of carbonyl (C=O) groups excluding carboxylic acids is 1. The second kappa shape index (κ2) is 9.59. The summed E-state index contributed by atoms with van der Waals surface area (Å²) >= 11 is 8.58. The number of hydrogen-bond donors (Lipinski definition) is 2. The van der Waals surface area contributed by atoms with Crippen LogP contribution in [0.4, 0.5) is 10.8 Å². The lowest BCUT2D eigenvalue weighted by molar-refractivity contribution is -0.118. The molecule has 9 heteroatoms. The van der Waals surface area contributed by atoms with Crippen LogP contribution < -0.4 is 15.4 Å². The minimum atomic E-state index is -0.0654. The number of ether oxygens (including phenoxy) is 1. The van der Waals surface area contributed by atoms with Gasteiger partial charge >= 0.3 is 0 Å². The van der Waals surface area contributed by atoms with Crippen LogP contribution in [0, 0.1) is 0 Å². The Morgan fingerprint density at radius 3 is 2.74 bits per heavy atom. The molecule has 6 nitrogen and oxygen atoms in total. The number of para-hydroxylation sites is 2. The summed E-state index contributed by atoms with van der Waals surface area (Å²) < 4.78 is 6.02. The fourth-order valence-corrected chi connectivity index (χ4v) is 3.88. The van der Waals surface area contributed by atoms with E-state index in [0.29, 0.717) is 21.0 Å². The average molecular weight is 421 g/mol. The minimum absolute atomic E-state index is 0.0654. The second-order valence-electron chi connectivity index (χ2n) is 5.39. The van der Waals surface area contributed by atoms with Gasteiger partial charge in [-0.1, -0.05) is 59.0 Å². The molecule has 2 aromatic carbocycles. The molecule has 0 fully saturated rings. The number of nitrogens with zero attached hydrogens (tertiary/aromatic N) is 2. The lowest BCUT2D eigenvalue weighted by atomic mass is 10.2. The number of methoxy groups -OCH3 is 1. The van der Waals surface area contributed by atoms with Gasteiger partial charge in [0, 0.05) is 11.6 Å². The molecule has 3 rings (SSSR count). The van der Waals surface area contributed by atoms with Crippen LogP contribution in [0.1, 0.15) is 5.56 Å². The van der Waals surface area contributed by atoms with Gasteiger partial charge in [-0.05, 0) is 29.8 Å². The summed E-state index contributed by atoms with van der Waals surface area (Å²) in [5.74, 6) is 0.935. The van der Waals surface area contributed by atoms with E-state index in [9.17, 15) is 4.79 Å². The zero-order valence-electron chi connectivity index (χ0n) is 14.4. The predicted molar refractivity (Wildman–Crippen MR) is 110 cm³/mol. The summed E-state index contributed by atoms with van der Waals surface area (Å²) in [5.41, 5.74) is 1.81. The molecule has 27 heavy (non-hydrogen) atoms. The topological polar surface area (TPSA) is 76.1 Å². The minimum Gasteiger partial charge on any atom is -0.495 e. The van der Waals surface area contributed by atoms with Gasteiger partial charge in [-0.2, -0.15) is 0 Å². The molecule has 0 radical (unpaired) electrons.